The zero-order valence-electron chi connectivity index (χ0n) is 9.82. The molecule has 0 aliphatic rings. The lowest BCUT2D eigenvalue weighted by atomic mass is 10.3. The number of aromatic nitrogens is 2. The SMILES string of the molecule is O=[N+]([O-])c1ccc(Sc2ccc(I)cc2)c2nonc12. The van der Waals surface area contributed by atoms with Crippen LogP contribution < -0.4 is 0 Å². The fourth-order valence-electron chi connectivity index (χ4n) is 1.69. The summed E-state index contributed by atoms with van der Waals surface area (Å²) in [5.74, 6) is 0. The zero-order chi connectivity index (χ0) is 14.1. The van der Waals surface area contributed by atoms with E-state index < -0.39 is 4.92 Å². The smallest absolute Gasteiger partial charge is 0.258 e. The van der Waals surface area contributed by atoms with Crippen LogP contribution in [0.25, 0.3) is 11.0 Å². The minimum absolute atomic E-state index is 0.104. The molecule has 0 atom stereocenters. The van der Waals surface area contributed by atoms with Gasteiger partial charge in [0, 0.05) is 19.4 Å². The van der Waals surface area contributed by atoms with E-state index in [1.807, 2.05) is 24.3 Å². The molecule has 6 nitrogen and oxygen atoms in total. The predicted molar refractivity (Wildman–Crippen MR) is 81.7 cm³/mol. The Bertz CT molecular complexity index is 788. The molecule has 8 heteroatoms. The number of nitro groups is 1. The molecule has 0 fully saturated rings. The molecule has 2 aromatic carbocycles. The van der Waals surface area contributed by atoms with Crippen LogP contribution in [0.15, 0.2) is 50.8 Å². The van der Waals surface area contributed by atoms with E-state index in [4.69, 9.17) is 0 Å². The Balaban J connectivity index is 2.04. The third kappa shape index (κ3) is 2.48. The highest BCUT2D eigenvalue weighted by Crippen LogP contribution is 2.35. The van der Waals surface area contributed by atoms with Crippen LogP contribution in [-0.4, -0.2) is 15.2 Å². The van der Waals surface area contributed by atoms with Crippen molar-refractivity contribution in [1.29, 1.82) is 0 Å². The first kappa shape index (κ1) is 13.3. The van der Waals surface area contributed by atoms with Gasteiger partial charge in [-0.2, -0.15) is 0 Å². The van der Waals surface area contributed by atoms with E-state index >= 15 is 0 Å². The number of benzene rings is 2. The minimum atomic E-state index is -0.494. The summed E-state index contributed by atoms with van der Waals surface area (Å²) in [7, 11) is 0. The second-order valence-electron chi connectivity index (χ2n) is 3.86. The van der Waals surface area contributed by atoms with Crippen molar-refractivity contribution in [2.75, 3.05) is 0 Å². The number of rotatable bonds is 3. The normalized spacial score (nSPS) is 10.8. The first-order valence-electron chi connectivity index (χ1n) is 5.48. The molecular formula is C12H6IN3O3S. The molecular weight excluding hydrogens is 393 g/mol. The summed E-state index contributed by atoms with van der Waals surface area (Å²) in [6, 6.07) is 11.0. The standard InChI is InChI=1S/C12H6IN3O3S/c13-7-1-3-8(4-2-7)20-10-6-5-9(16(17)18)11-12(10)15-19-14-11/h1-6H. The Morgan fingerprint density at radius 2 is 1.80 bits per heavy atom. The Morgan fingerprint density at radius 1 is 1.10 bits per heavy atom. The van der Waals surface area contributed by atoms with Crippen LogP contribution in [0.2, 0.25) is 0 Å². The summed E-state index contributed by atoms with van der Waals surface area (Å²) in [5.41, 5.74) is 0.474. The third-order valence-electron chi connectivity index (χ3n) is 2.60. The molecule has 0 bridgehead atoms. The molecule has 3 aromatic rings. The number of nitrogens with zero attached hydrogens (tertiary/aromatic N) is 3. The van der Waals surface area contributed by atoms with Gasteiger partial charge in [-0.1, -0.05) is 11.8 Å². The minimum Gasteiger partial charge on any atom is -0.258 e. The van der Waals surface area contributed by atoms with Gasteiger partial charge < -0.3 is 0 Å². The average molecular weight is 399 g/mol. The molecule has 1 aromatic heterocycles. The fourth-order valence-corrected chi connectivity index (χ4v) is 2.94. The Labute approximate surface area is 130 Å². The van der Waals surface area contributed by atoms with Crippen LogP contribution in [0, 0.1) is 13.7 Å². The highest BCUT2D eigenvalue weighted by atomic mass is 127. The van der Waals surface area contributed by atoms with Gasteiger partial charge in [0.15, 0.2) is 5.52 Å². The van der Waals surface area contributed by atoms with Crippen LogP contribution in [0.3, 0.4) is 0 Å². The highest BCUT2D eigenvalue weighted by molar-refractivity contribution is 14.1. The monoisotopic (exact) mass is 399 g/mol. The van der Waals surface area contributed by atoms with Gasteiger partial charge in [0.25, 0.3) is 0 Å². The molecule has 0 unspecified atom stereocenters. The maximum Gasteiger partial charge on any atom is 0.300 e. The van der Waals surface area contributed by atoms with Crippen LogP contribution in [0.4, 0.5) is 5.69 Å². The molecule has 0 aliphatic heterocycles. The molecule has 0 amide bonds. The van der Waals surface area contributed by atoms with E-state index in [-0.39, 0.29) is 11.2 Å². The molecule has 0 spiro atoms. The number of nitro benzene ring substituents is 1. The zero-order valence-corrected chi connectivity index (χ0v) is 12.8. The molecule has 1 heterocycles. The van der Waals surface area contributed by atoms with Crippen LogP contribution in [0.5, 0.6) is 0 Å². The molecule has 0 radical (unpaired) electrons. The van der Waals surface area contributed by atoms with E-state index in [0.29, 0.717) is 5.52 Å². The Morgan fingerprint density at radius 3 is 2.50 bits per heavy atom. The topological polar surface area (TPSA) is 82.1 Å². The maximum absolute atomic E-state index is 10.9. The summed E-state index contributed by atoms with van der Waals surface area (Å²) in [5, 5.41) is 18.3. The molecule has 0 N–H and O–H groups in total. The van der Waals surface area contributed by atoms with Crippen LogP contribution in [-0.2, 0) is 0 Å². The lowest BCUT2D eigenvalue weighted by Gasteiger charge is -2.02. The van der Waals surface area contributed by atoms with Crippen molar-refractivity contribution in [3.8, 4) is 0 Å². The number of fused-ring (bicyclic) bond motifs is 1. The number of hydrogen-bond donors (Lipinski definition) is 0. The summed E-state index contributed by atoms with van der Waals surface area (Å²) in [6.45, 7) is 0. The third-order valence-corrected chi connectivity index (χ3v) is 4.37. The molecule has 3 rings (SSSR count). The number of non-ortho nitro benzene ring substituents is 1. The van der Waals surface area contributed by atoms with E-state index in [9.17, 15) is 10.1 Å². The largest absolute Gasteiger partial charge is 0.300 e. The molecule has 0 aliphatic carbocycles. The van der Waals surface area contributed by atoms with Crippen molar-refractivity contribution in [2.45, 2.75) is 9.79 Å². The molecule has 0 saturated carbocycles. The second kappa shape index (κ2) is 5.37. The van der Waals surface area contributed by atoms with E-state index in [1.54, 1.807) is 6.07 Å². The van der Waals surface area contributed by atoms with Crippen LogP contribution in [0.1, 0.15) is 0 Å². The van der Waals surface area contributed by atoms with Gasteiger partial charge in [0.1, 0.15) is 0 Å². The molecule has 0 saturated heterocycles. The van der Waals surface area contributed by atoms with Gasteiger partial charge in [-0.15, -0.1) is 0 Å². The predicted octanol–water partition coefficient (Wildman–Crippen LogP) is 3.89. The molecule has 20 heavy (non-hydrogen) atoms. The average Bonchev–Trinajstić information content (AvgIpc) is 2.91. The van der Waals surface area contributed by atoms with E-state index in [1.165, 1.54) is 17.8 Å². The van der Waals surface area contributed by atoms with Gasteiger partial charge in [-0.25, -0.2) is 4.63 Å². The lowest BCUT2D eigenvalue weighted by molar-refractivity contribution is -0.383. The maximum atomic E-state index is 10.9. The van der Waals surface area contributed by atoms with Crippen molar-refractivity contribution in [1.82, 2.24) is 10.3 Å². The highest BCUT2D eigenvalue weighted by Gasteiger charge is 2.19. The van der Waals surface area contributed by atoms with Gasteiger partial charge in [0.05, 0.1) is 4.92 Å². The Hall–Kier alpha value is -1.68. The Kier molecular flexibility index (Phi) is 3.57. The lowest BCUT2D eigenvalue weighted by Crippen LogP contribution is -1.90. The first-order chi connectivity index (χ1) is 9.65. The summed E-state index contributed by atoms with van der Waals surface area (Å²) >= 11 is 3.69. The van der Waals surface area contributed by atoms with E-state index in [0.717, 1.165) is 13.4 Å². The van der Waals surface area contributed by atoms with Gasteiger partial charge >= 0.3 is 5.69 Å². The van der Waals surface area contributed by atoms with Crippen molar-refractivity contribution < 1.29 is 9.55 Å². The number of hydrogen-bond acceptors (Lipinski definition) is 6. The van der Waals surface area contributed by atoms with Crippen molar-refractivity contribution in [2.24, 2.45) is 0 Å². The first-order valence-corrected chi connectivity index (χ1v) is 7.38. The second-order valence-corrected chi connectivity index (χ2v) is 6.22. The van der Waals surface area contributed by atoms with Crippen LogP contribution >= 0.6 is 34.4 Å². The van der Waals surface area contributed by atoms with E-state index in [2.05, 4.69) is 37.5 Å². The summed E-state index contributed by atoms with van der Waals surface area (Å²) in [4.78, 5) is 12.2. The van der Waals surface area contributed by atoms with Crippen molar-refractivity contribution in [3.05, 3.63) is 50.1 Å². The van der Waals surface area contributed by atoms with Crippen molar-refractivity contribution in [3.63, 3.8) is 0 Å². The van der Waals surface area contributed by atoms with Gasteiger partial charge in [0.2, 0.25) is 5.52 Å². The van der Waals surface area contributed by atoms with Crippen molar-refractivity contribution >= 4 is 51.1 Å². The van der Waals surface area contributed by atoms with Gasteiger partial charge in [-0.05, 0) is 63.2 Å². The fraction of sp³-hybridized carbons (Fsp3) is 0. The number of halogens is 1. The quantitative estimate of drug-likeness (QED) is 0.378. The van der Waals surface area contributed by atoms with Gasteiger partial charge in [-0.3, -0.25) is 10.1 Å². The summed E-state index contributed by atoms with van der Waals surface area (Å²) in [6.07, 6.45) is 0. The molecule has 100 valence electrons. The summed E-state index contributed by atoms with van der Waals surface area (Å²) < 4.78 is 5.78.